The first-order valence-electron chi connectivity index (χ1n) is 6.13. The highest BCUT2D eigenvalue weighted by molar-refractivity contribution is 7.74. The van der Waals surface area contributed by atoms with Gasteiger partial charge in [0.25, 0.3) is 0 Å². The van der Waals surface area contributed by atoms with Crippen molar-refractivity contribution in [1.82, 2.24) is 10.4 Å². The molecule has 1 amide bonds. The second-order valence-corrected chi connectivity index (χ2v) is 6.46. The summed E-state index contributed by atoms with van der Waals surface area (Å²) in [6, 6.07) is -1.01. The SMILES string of the molecule is CCC[C@@H](N[P@@](=O)(OC)C(=O)NC(C)C)C(=O)OC. The number of nitrogens with one attached hydrogen (secondary N) is 2. The molecule has 112 valence electrons. The molecule has 0 aromatic heterocycles. The highest BCUT2D eigenvalue weighted by atomic mass is 31.2. The zero-order valence-electron chi connectivity index (χ0n) is 12.1. The molecule has 0 saturated heterocycles. The third-order valence-electron chi connectivity index (χ3n) is 2.33. The first kappa shape index (κ1) is 18.1. The van der Waals surface area contributed by atoms with Gasteiger partial charge in [-0.1, -0.05) is 13.3 Å². The molecule has 8 heteroatoms. The van der Waals surface area contributed by atoms with E-state index in [0.717, 1.165) is 7.11 Å². The summed E-state index contributed by atoms with van der Waals surface area (Å²) in [5, 5.41) is 4.98. The summed E-state index contributed by atoms with van der Waals surface area (Å²) in [5.74, 6) is -0.573. The Bertz CT molecular complexity index is 359. The molecule has 0 aliphatic rings. The Morgan fingerprint density at radius 3 is 2.21 bits per heavy atom. The van der Waals surface area contributed by atoms with Crippen molar-refractivity contribution in [3.63, 3.8) is 0 Å². The molecule has 19 heavy (non-hydrogen) atoms. The van der Waals surface area contributed by atoms with Crippen molar-refractivity contribution in [3.8, 4) is 0 Å². The second kappa shape index (κ2) is 8.30. The number of carbonyl (C=O) groups excluding carboxylic acids is 2. The van der Waals surface area contributed by atoms with E-state index in [1.807, 2.05) is 6.92 Å². The van der Waals surface area contributed by atoms with Crippen LogP contribution in [0.1, 0.15) is 33.6 Å². The van der Waals surface area contributed by atoms with E-state index >= 15 is 0 Å². The summed E-state index contributed by atoms with van der Waals surface area (Å²) in [7, 11) is -1.40. The van der Waals surface area contributed by atoms with Gasteiger partial charge in [0.2, 0.25) is 0 Å². The Labute approximate surface area is 113 Å². The van der Waals surface area contributed by atoms with E-state index in [9.17, 15) is 14.2 Å². The predicted octanol–water partition coefficient (Wildman–Crippen LogP) is 1.88. The molecule has 0 rings (SSSR count). The Hall–Kier alpha value is -0.910. The van der Waals surface area contributed by atoms with E-state index in [-0.39, 0.29) is 6.04 Å². The molecule has 0 spiro atoms. The molecule has 0 aliphatic heterocycles. The number of hydrogen-bond donors (Lipinski definition) is 2. The highest BCUT2D eigenvalue weighted by Gasteiger charge is 2.37. The van der Waals surface area contributed by atoms with Crippen LogP contribution >= 0.6 is 7.52 Å². The van der Waals surface area contributed by atoms with Crippen LogP contribution in [0.5, 0.6) is 0 Å². The number of carbonyl (C=O) groups is 2. The first-order chi connectivity index (χ1) is 8.80. The van der Waals surface area contributed by atoms with Crippen LogP contribution in [0.3, 0.4) is 0 Å². The van der Waals surface area contributed by atoms with Crippen molar-refractivity contribution >= 4 is 19.1 Å². The number of methoxy groups -OCH3 is 1. The molecule has 7 nitrogen and oxygen atoms in total. The average molecular weight is 294 g/mol. The van der Waals surface area contributed by atoms with Crippen LogP contribution in [0.4, 0.5) is 4.79 Å². The van der Waals surface area contributed by atoms with Crippen molar-refractivity contribution in [2.24, 2.45) is 0 Å². The molecule has 0 unspecified atom stereocenters. The molecule has 2 N–H and O–H groups in total. The lowest BCUT2D eigenvalue weighted by Gasteiger charge is -2.22. The molecular weight excluding hydrogens is 271 g/mol. The van der Waals surface area contributed by atoms with Crippen molar-refractivity contribution in [2.45, 2.75) is 45.7 Å². The fourth-order valence-electron chi connectivity index (χ4n) is 1.40. The van der Waals surface area contributed by atoms with Crippen molar-refractivity contribution in [3.05, 3.63) is 0 Å². The van der Waals surface area contributed by atoms with E-state index < -0.39 is 25.2 Å². The monoisotopic (exact) mass is 294 g/mol. The minimum absolute atomic E-state index is 0.180. The van der Waals surface area contributed by atoms with Gasteiger partial charge < -0.3 is 14.6 Å². The minimum atomic E-state index is -3.80. The lowest BCUT2D eigenvalue weighted by Crippen LogP contribution is -2.40. The van der Waals surface area contributed by atoms with Crippen LogP contribution in [0.15, 0.2) is 0 Å². The summed E-state index contributed by atoms with van der Waals surface area (Å²) in [6.07, 6.45) is 1.07. The number of amides is 1. The molecule has 2 atom stereocenters. The zero-order chi connectivity index (χ0) is 15.1. The molecule has 0 aromatic carbocycles. The van der Waals surface area contributed by atoms with E-state index in [4.69, 9.17) is 4.52 Å². The second-order valence-electron chi connectivity index (χ2n) is 4.33. The smallest absolute Gasteiger partial charge is 0.356 e. The van der Waals surface area contributed by atoms with Crippen LogP contribution in [0.25, 0.3) is 0 Å². The Morgan fingerprint density at radius 1 is 1.26 bits per heavy atom. The van der Waals surface area contributed by atoms with Gasteiger partial charge in [-0.15, -0.1) is 0 Å². The van der Waals surface area contributed by atoms with E-state index in [0.29, 0.717) is 12.8 Å². The van der Waals surface area contributed by atoms with Gasteiger partial charge in [0.05, 0.1) is 7.11 Å². The number of hydrogen-bond acceptors (Lipinski definition) is 5. The van der Waals surface area contributed by atoms with Crippen molar-refractivity contribution in [2.75, 3.05) is 14.2 Å². The fourth-order valence-corrected chi connectivity index (χ4v) is 2.86. The van der Waals surface area contributed by atoms with Gasteiger partial charge in [-0.25, -0.2) is 5.09 Å². The molecule has 0 bridgehead atoms. The van der Waals surface area contributed by atoms with Gasteiger partial charge in [0, 0.05) is 13.2 Å². The average Bonchev–Trinajstić information content (AvgIpc) is 2.36. The minimum Gasteiger partial charge on any atom is -0.468 e. The Morgan fingerprint density at radius 2 is 1.84 bits per heavy atom. The highest BCUT2D eigenvalue weighted by Crippen LogP contribution is 2.43. The predicted molar refractivity (Wildman–Crippen MR) is 72.1 cm³/mol. The molecular formula is C11H23N2O5P. The lowest BCUT2D eigenvalue weighted by molar-refractivity contribution is -0.142. The van der Waals surface area contributed by atoms with E-state index in [1.54, 1.807) is 13.8 Å². The quantitative estimate of drug-likeness (QED) is 0.524. The summed E-state index contributed by atoms with van der Waals surface area (Å²) >= 11 is 0. The summed E-state index contributed by atoms with van der Waals surface area (Å²) in [5.41, 5.74) is -0.755. The van der Waals surface area contributed by atoms with Gasteiger partial charge in [0.1, 0.15) is 6.04 Å². The molecule has 0 aliphatic carbocycles. The van der Waals surface area contributed by atoms with Gasteiger partial charge in [-0.2, -0.15) is 0 Å². The van der Waals surface area contributed by atoms with Crippen LogP contribution in [0, 0.1) is 0 Å². The zero-order valence-corrected chi connectivity index (χ0v) is 13.0. The van der Waals surface area contributed by atoms with Crippen molar-refractivity contribution in [1.29, 1.82) is 0 Å². The first-order valence-corrected chi connectivity index (χ1v) is 7.75. The van der Waals surface area contributed by atoms with Crippen LogP contribution in [0.2, 0.25) is 0 Å². The maximum Gasteiger partial charge on any atom is 0.356 e. The number of ether oxygens (including phenoxy) is 1. The standard InChI is InChI=1S/C11H23N2O5P/c1-6-7-9(10(14)17-4)13-19(16,18-5)11(15)12-8(2)3/h8-9H,6-7H2,1-5H3,(H,12,15)(H,13,16)/t9-,19+/m1/s1. The summed E-state index contributed by atoms with van der Waals surface area (Å²) < 4.78 is 21.8. The van der Waals surface area contributed by atoms with Crippen LogP contribution in [-0.4, -0.2) is 37.9 Å². The molecule has 0 aromatic rings. The van der Waals surface area contributed by atoms with Gasteiger partial charge in [0.15, 0.2) is 0 Å². The third-order valence-corrected chi connectivity index (χ3v) is 4.16. The Balaban J connectivity index is 4.96. The largest absolute Gasteiger partial charge is 0.468 e. The van der Waals surface area contributed by atoms with Gasteiger partial charge in [-0.05, 0) is 20.3 Å². The van der Waals surface area contributed by atoms with Gasteiger partial charge >= 0.3 is 19.1 Å². The number of rotatable bonds is 8. The molecule has 0 heterocycles. The maximum absolute atomic E-state index is 12.4. The van der Waals surface area contributed by atoms with Crippen molar-refractivity contribution < 1.29 is 23.4 Å². The maximum atomic E-state index is 12.4. The summed E-state index contributed by atoms with van der Waals surface area (Å²) in [6.45, 7) is 5.34. The Kier molecular flexibility index (Phi) is 7.90. The summed E-state index contributed by atoms with van der Waals surface area (Å²) in [4.78, 5) is 23.4. The van der Waals surface area contributed by atoms with Crippen LogP contribution in [-0.2, 0) is 18.6 Å². The van der Waals surface area contributed by atoms with Crippen LogP contribution < -0.4 is 10.4 Å². The normalized spacial score (nSPS) is 15.7. The lowest BCUT2D eigenvalue weighted by atomic mass is 10.2. The van der Waals surface area contributed by atoms with E-state index in [1.165, 1.54) is 7.11 Å². The number of esters is 1. The molecule has 0 fully saturated rings. The topological polar surface area (TPSA) is 93.7 Å². The third kappa shape index (κ3) is 5.72. The van der Waals surface area contributed by atoms with Gasteiger partial charge in [-0.3, -0.25) is 14.2 Å². The van der Waals surface area contributed by atoms with E-state index in [2.05, 4.69) is 15.1 Å². The molecule has 0 saturated carbocycles. The molecule has 0 radical (unpaired) electrons. The fraction of sp³-hybridized carbons (Fsp3) is 0.818.